The molecule has 1 aliphatic heterocycles. The highest BCUT2D eigenvalue weighted by molar-refractivity contribution is 6.20. The molecule has 6 heteroatoms. The van der Waals surface area contributed by atoms with Crippen molar-refractivity contribution in [1.29, 1.82) is 0 Å². The molecule has 5 rings (SSSR count). The first-order valence-electron chi connectivity index (χ1n) is 10.1. The van der Waals surface area contributed by atoms with Crippen LogP contribution in [0.3, 0.4) is 0 Å². The average molecular weight is 427 g/mol. The normalized spacial score (nSPS) is 16.2. The molecule has 0 fully saturated rings. The number of carbonyl (C=O) groups is 2. The number of aliphatic hydroxyl groups is 1. The molecule has 32 heavy (non-hydrogen) atoms. The van der Waals surface area contributed by atoms with Crippen LogP contribution in [0, 0.1) is 12.7 Å². The number of rotatable bonds is 4. The van der Waals surface area contributed by atoms with E-state index in [9.17, 15) is 19.1 Å². The van der Waals surface area contributed by atoms with Gasteiger partial charge in [0.1, 0.15) is 11.4 Å². The van der Waals surface area contributed by atoms with Crippen LogP contribution >= 0.6 is 0 Å². The average Bonchev–Trinajstić information content (AvgIpc) is 3.33. The van der Waals surface area contributed by atoms with Gasteiger partial charge in [-0.1, -0.05) is 42.5 Å². The third kappa shape index (κ3) is 3.17. The third-order valence-electron chi connectivity index (χ3n) is 5.57. The Morgan fingerprint density at radius 1 is 1.00 bits per heavy atom. The van der Waals surface area contributed by atoms with Crippen LogP contribution in [-0.2, 0) is 4.79 Å². The number of hydrogen-bond donors (Lipinski definition) is 1. The lowest BCUT2D eigenvalue weighted by Gasteiger charge is -2.27. The monoisotopic (exact) mass is 427 g/mol. The molecular formula is C26H18FNO4. The summed E-state index contributed by atoms with van der Waals surface area (Å²) in [5, 5.41) is 11.5. The largest absolute Gasteiger partial charge is 0.503 e. The molecule has 2 heterocycles. The zero-order valence-corrected chi connectivity index (χ0v) is 17.1. The molecule has 1 N–H and O–H groups in total. The number of furan rings is 1. The van der Waals surface area contributed by atoms with Crippen molar-refractivity contribution in [3.05, 3.63) is 113 Å². The molecule has 0 aliphatic carbocycles. The standard InChI is InChI=1S/C26H18FNO4/c1-15-5-4-7-19(13-15)28-23(16-9-11-18(27)12-10-16)22(25(30)26(28)31)24(29)21-14-17-6-2-3-8-20(17)32-21/h2-14,23,30H,1H3. The second-order valence-electron chi connectivity index (χ2n) is 7.71. The number of fused-ring (bicyclic) bond motifs is 1. The smallest absolute Gasteiger partial charge is 0.294 e. The van der Waals surface area contributed by atoms with Crippen molar-refractivity contribution in [2.75, 3.05) is 4.90 Å². The fourth-order valence-corrected chi connectivity index (χ4v) is 4.07. The number of benzene rings is 3. The zero-order chi connectivity index (χ0) is 22.4. The molecule has 0 spiro atoms. The molecule has 1 aromatic heterocycles. The van der Waals surface area contributed by atoms with Gasteiger partial charge in [0.2, 0.25) is 5.78 Å². The highest BCUT2D eigenvalue weighted by atomic mass is 19.1. The van der Waals surface area contributed by atoms with Crippen LogP contribution in [0.5, 0.6) is 0 Å². The zero-order valence-electron chi connectivity index (χ0n) is 17.1. The van der Waals surface area contributed by atoms with Gasteiger partial charge >= 0.3 is 0 Å². The van der Waals surface area contributed by atoms with Crippen LogP contribution in [0.2, 0.25) is 0 Å². The van der Waals surface area contributed by atoms with E-state index in [2.05, 4.69) is 0 Å². The van der Waals surface area contributed by atoms with Gasteiger partial charge in [-0.2, -0.15) is 0 Å². The van der Waals surface area contributed by atoms with Gasteiger partial charge < -0.3 is 9.52 Å². The first kappa shape index (κ1) is 19.8. The maximum Gasteiger partial charge on any atom is 0.294 e. The van der Waals surface area contributed by atoms with Gasteiger partial charge in [0.25, 0.3) is 5.91 Å². The van der Waals surface area contributed by atoms with E-state index in [1.165, 1.54) is 29.2 Å². The van der Waals surface area contributed by atoms with E-state index in [1.54, 1.807) is 42.5 Å². The molecule has 3 aromatic carbocycles. The third-order valence-corrected chi connectivity index (χ3v) is 5.57. The number of anilines is 1. The van der Waals surface area contributed by atoms with E-state index in [0.29, 0.717) is 16.8 Å². The van der Waals surface area contributed by atoms with E-state index in [1.807, 2.05) is 19.1 Å². The molecule has 0 saturated carbocycles. The van der Waals surface area contributed by atoms with Gasteiger partial charge in [0.05, 0.1) is 11.6 Å². The minimum absolute atomic E-state index is 0.0127. The lowest BCUT2D eigenvalue weighted by Crippen LogP contribution is -2.31. The highest BCUT2D eigenvalue weighted by Gasteiger charge is 2.45. The van der Waals surface area contributed by atoms with Gasteiger partial charge in [0, 0.05) is 11.1 Å². The molecule has 1 amide bonds. The molecule has 5 nitrogen and oxygen atoms in total. The van der Waals surface area contributed by atoms with Gasteiger partial charge in [-0.3, -0.25) is 14.5 Å². The number of halogens is 1. The Hall–Kier alpha value is -4.19. The molecule has 1 atom stereocenters. The second kappa shape index (κ2) is 7.50. The Bertz CT molecular complexity index is 1370. The van der Waals surface area contributed by atoms with Crippen molar-refractivity contribution >= 4 is 28.3 Å². The van der Waals surface area contributed by atoms with Gasteiger partial charge in [0.15, 0.2) is 11.5 Å². The molecule has 0 radical (unpaired) electrons. The summed E-state index contributed by atoms with van der Waals surface area (Å²) in [5.41, 5.74) is 2.33. The maximum absolute atomic E-state index is 13.6. The van der Waals surface area contributed by atoms with Crippen LogP contribution in [0.1, 0.15) is 27.7 Å². The Morgan fingerprint density at radius 3 is 2.47 bits per heavy atom. The van der Waals surface area contributed by atoms with Gasteiger partial charge in [-0.15, -0.1) is 0 Å². The minimum Gasteiger partial charge on any atom is -0.503 e. The molecule has 0 bridgehead atoms. The van der Waals surface area contributed by atoms with E-state index in [0.717, 1.165) is 10.9 Å². The molecule has 158 valence electrons. The molecular weight excluding hydrogens is 409 g/mol. The SMILES string of the molecule is Cc1cccc(N2C(=O)C(O)=C(C(=O)c3cc4ccccc4o3)C2c2ccc(F)cc2)c1. The van der Waals surface area contributed by atoms with Crippen LogP contribution in [0.4, 0.5) is 10.1 Å². The van der Waals surface area contributed by atoms with Crippen molar-refractivity contribution in [3.8, 4) is 0 Å². The van der Waals surface area contributed by atoms with Crippen molar-refractivity contribution < 1.29 is 23.5 Å². The van der Waals surface area contributed by atoms with E-state index >= 15 is 0 Å². The summed E-state index contributed by atoms with van der Waals surface area (Å²) in [5.74, 6) is -2.38. The minimum atomic E-state index is -0.939. The Labute approximate surface area is 183 Å². The van der Waals surface area contributed by atoms with Crippen LogP contribution in [0.15, 0.2) is 94.6 Å². The fraction of sp³-hybridized carbons (Fsp3) is 0.0769. The summed E-state index contributed by atoms with van der Waals surface area (Å²) in [6.07, 6.45) is 0. The lowest BCUT2D eigenvalue weighted by atomic mass is 9.94. The number of carbonyl (C=O) groups excluding carboxylic acids is 2. The number of nitrogens with zero attached hydrogens (tertiary/aromatic N) is 1. The lowest BCUT2D eigenvalue weighted by molar-refractivity contribution is -0.117. The van der Waals surface area contributed by atoms with E-state index in [-0.39, 0.29) is 11.3 Å². The Kier molecular flexibility index (Phi) is 4.63. The highest BCUT2D eigenvalue weighted by Crippen LogP contribution is 2.42. The van der Waals surface area contributed by atoms with E-state index in [4.69, 9.17) is 4.42 Å². The first-order chi connectivity index (χ1) is 15.4. The van der Waals surface area contributed by atoms with Crippen LogP contribution in [-0.4, -0.2) is 16.8 Å². The topological polar surface area (TPSA) is 70.8 Å². The number of aryl methyl sites for hydroxylation is 1. The predicted octanol–water partition coefficient (Wildman–Crippen LogP) is 5.66. The number of amides is 1. The summed E-state index contributed by atoms with van der Waals surface area (Å²) in [6.45, 7) is 1.88. The number of para-hydroxylation sites is 1. The first-order valence-corrected chi connectivity index (χ1v) is 10.1. The number of hydrogen-bond acceptors (Lipinski definition) is 4. The molecule has 1 unspecified atom stereocenters. The number of aliphatic hydroxyl groups excluding tert-OH is 1. The second-order valence-corrected chi connectivity index (χ2v) is 7.71. The predicted molar refractivity (Wildman–Crippen MR) is 118 cm³/mol. The fourth-order valence-electron chi connectivity index (χ4n) is 4.07. The molecule has 4 aromatic rings. The van der Waals surface area contributed by atoms with Crippen molar-refractivity contribution in [1.82, 2.24) is 0 Å². The summed E-state index contributed by atoms with van der Waals surface area (Å²) < 4.78 is 19.3. The summed E-state index contributed by atoms with van der Waals surface area (Å²) in [6, 6.07) is 20.5. The number of Topliss-reactive ketones (excluding diaryl/α,β-unsaturated/α-hetero) is 1. The summed E-state index contributed by atoms with van der Waals surface area (Å²) in [4.78, 5) is 28.0. The molecule has 0 saturated heterocycles. The van der Waals surface area contributed by atoms with Crippen molar-refractivity contribution in [2.24, 2.45) is 0 Å². The van der Waals surface area contributed by atoms with Crippen molar-refractivity contribution in [2.45, 2.75) is 13.0 Å². The van der Waals surface area contributed by atoms with Gasteiger partial charge in [-0.25, -0.2) is 4.39 Å². The maximum atomic E-state index is 13.6. The van der Waals surface area contributed by atoms with Crippen LogP contribution < -0.4 is 4.90 Å². The Morgan fingerprint density at radius 2 is 1.75 bits per heavy atom. The quantitative estimate of drug-likeness (QED) is 0.427. The van der Waals surface area contributed by atoms with Crippen LogP contribution in [0.25, 0.3) is 11.0 Å². The summed E-state index contributed by atoms with van der Waals surface area (Å²) in [7, 11) is 0. The Balaban J connectivity index is 1.67. The van der Waals surface area contributed by atoms with Gasteiger partial charge in [-0.05, 0) is 54.4 Å². The summed E-state index contributed by atoms with van der Waals surface area (Å²) >= 11 is 0. The van der Waals surface area contributed by atoms with Crippen molar-refractivity contribution in [3.63, 3.8) is 0 Å². The van der Waals surface area contributed by atoms with E-state index < -0.39 is 29.3 Å². The molecule has 1 aliphatic rings. The number of ketones is 1.